The molecule has 0 bridgehead atoms. The number of carbonyl (C=O) groups excluding carboxylic acids is 1. The molecule has 2 rings (SSSR count). The summed E-state index contributed by atoms with van der Waals surface area (Å²) >= 11 is 1.46. The van der Waals surface area contributed by atoms with Crippen molar-refractivity contribution in [1.82, 2.24) is 10.3 Å². The van der Waals surface area contributed by atoms with Gasteiger partial charge in [-0.25, -0.2) is 4.98 Å². The second kappa shape index (κ2) is 6.85. The quantitative estimate of drug-likeness (QED) is 0.899. The third-order valence-electron chi connectivity index (χ3n) is 3.31. The van der Waals surface area contributed by atoms with Crippen molar-refractivity contribution < 1.29 is 4.79 Å². The molecule has 0 aliphatic heterocycles. The molecule has 0 aliphatic rings. The fourth-order valence-corrected chi connectivity index (χ4v) is 2.97. The highest BCUT2D eigenvalue weighted by atomic mass is 32.1. The smallest absolute Gasteiger partial charge is 0.263 e. The second-order valence-electron chi connectivity index (χ2n) is 5.74. The van der Waals surface area contributed by atoms with Gasteiger partial charge in [0.2, 0.25) is 0 Å². The van der Waals surface area contributed by atoms with Gasteiger partial charge in [0.15, 0.2) is 0 Å². The van der Waals surface area contributed by atoms with Crippen molar-refractivity contribution in [1.29, 1.82) is 0 Å². The van der Waals surface area contributed by atoms with E-state index in [4.69, 9.17) is 0 Å². The van der Waals surface area contributed by atoms with Crippen LogP contribution in [-0.2, 0) is 0 Å². The Morgan fingerprint density at radius 1 is 1.24 bits per heavy atom. The largest absolute Gasteiger partial charge is 0.351 e. The first kappa shape index (κ1) is 15.7. The Morgan fingerprint density at radius 2 is 1.90 bits per heavy atom. The van der Waals surface area contributed by atoms with Gasteiger partial charge in [0.1, 0.15) is 9.88 Å². The van der Waals surface area contributed by atoms with Crippen LogP contribution in [0.3, 0.4) is 0 Å². The van der Waals surface area contributed by atoms with Gasteiger partial charge in [0, 0.05) is 12.1 Å². The molecule has 0 aliphatic carbocycles. The monoisotopic (exact) mass is 302 g/mol. The number of hydrogen-bond donors (Lipinski definition) is 1. The number of aryl methyl sites for hydroxylation is 2. The Morgan fingerprint density at radius 3 is 2.52 bits per heavy atom. The summed E-state index contributed by atoms with van der Waals surface area (Å²) in [4.78, 5) is 17.5. The average molecular weight is 302 g/mol. The summed E-state index contributed by atoms with van der Waals surface area (Å²) in [5.74, 6) is 0.583. The maximum atomic E-state index is 12.2. The van der Waals surface area contributed by atoms with Crippen LogP contribution < -0.4 is 5.32 Å². The molecule has 1 aromatic heterocycles. The minimum Gasteiger partial charge on any atom is -0.351 e. The first-order valence-corrected chi connectivity index (χ1v) is 8.11. The molecular formula is C17H22N2OS. The predicted octanol–water partition coefficient (Wildman–Crippen LogP) is 4.20. The number of carbonyl (C=O) groups is 1. The van der Waals surface area contributed by atoms with E-state index in [-0.39, 0.29) is 5.91 Å². The number of aromatic nitrogens is 1. The van der Waals surface area contributed by atoms with E-state index in [1.807, 2.05) is 19.1 Å². The van der Waals surface area contributed by atoms with E-state index in [9.17, 15) is 4.79 Å². The van der Waals surface area contributed by atoms with Gasteiger partial charge in [-0.1, -0.05) is 43.7 Å². The number of nitrogens with one attached hydrogen (secondary N) is 1. The number of amides is 1. The highest BCUT2D eigenvalue weighted by Crippen LogP contribution is 2.28. The molecule has 1 N–H and O–H groups in total. The molecular weight excluding hydrogens is 280 g/mol. The topological polar surface area (TPSA) is 42.0 Å². The zero-order valence-corrected chi connectivity index (χ0v) is 13.9. The van der Waals surface area contributed by atoms with E-state index in [0.717, 1.165) is 22.7 Å². The number of hydrogen-bond acceptors (Lipinski definition) is 3. The van der Waals surface area contributed by atoms with Crippen LogP contribution in [0.25, 0.3) is 10.6 Å². The van der Waals surface area contributed by atoms with E-state index >= 15 is 0 Å². The molecule has 1 heterocycles. The SMILES string of the molecule is Cc1ccc(-c2nc(C)c(C(=O)NCCC(C)C)s2)cc1. The summed E-state index contributed by atoms with van der Waals surface area (Å²) in [5.41, 5.74) is 3.09. The second-order valence-corrected chi connectivity index (χ2v) is 6.74. The van der Waals surface area contributed by atoms with Crippen LogP contribution in [0.1, 0.15) is 41.2 Å². The van der Waals surface area contributed by atoms with Gasteiger partial charge >= 0.3 is 0 Å². The van der Waals surface area contributed by atoms with E-state index in [1.54, 1.807) is 0 Å². The standard InChI is InChI=1S/C17H22N2OS/c1-11(2)9-10-18-16(20)15-13(4)19-17(21-15)14-7-5-12(3)6-8-14/h5-8,11H,9-10H2,1-4H3,(H,18,20). The van der Waals surface area contributed by atoms with Crippen molar-refractivity contribution >= 4 is 17.2 Å². The first-order valence-electron chi connectivity index (χ1n) is 7.30. The summed E-state index contributed by atoms with van der Waals surface area (Å²) in [6, 6.07) is 8.23. The lowest BCUT2D eigenvalue weighted by Crippen LogP contribution is -2.25. The predicted molar refractivity (Wildman–Crippen MR) is 88.8 cm³/mol. The lowest BCUT2D eigenvalue weighted by Gasteiger charge is -2.05. The molecule has 112 valence electrons. The molecule has 0 saturated carbocycles. The van der Waals surface area contributed by atoms with Gasteiger partial charge in [0.25, 0.3) is 5.91 Å². The van der Waals surface area contributed by atoms with Crippen molar-refractivity contribution in [2.24, 2.45) is 5.92 Å². The van der Waals surface area contributed by atoms with Crippen LogP contribution >= 0.6 is 11.3 Å². The number of benzene rings is 1. The Bertz CT molecular complexity index is 614. The summed E-state index contributed by atoms with van der Waals surface area (Å²) in [6.45, 7) is 8.98. The zero-order valence-electron chi connectivity index (χ0n) is 13.1. The van der Waals surface area contributed by atoms with Crippen LogP contribution in [0.5, 0.6) is 0 Å². The molecule has 0 unspecified atom stereocenters. The lowest BCUT2D eigenvalue weighted by molar-refractivity contribution is 0.0955. The minimum atomic E-state index is -0.0102. The van der Waals surface area contributed by atoms with E-state index in [0.29, 0.717) is 17.3 Å². The molecule has 0 fully saturated rings. The lowest BCUT2D eigenvalue weighted by atomic mass is 10.1. The van der Waals surface area contributed by atoms with Crippen molar-refractivity contribution in [2.75, 3.05) is 6.54 Å². The third kappa shape index (κ3) is 4.14. The van der Waals surface area contributed by atoms with Crippen molar-refractivity contribution in [3.05, 3.63) is 40.4 Å². The number of nitrogens with zero attached hydrogens (tertiary/aromatic N) is 1. The third-order valence-corrected chi connectivity index (χ3v) is 4.51. The van der Waals surface area contributed by atoms with E-state index in [2.05, 4.69) is 43.2 Å². The molecule has 3 nitrogen and oxygen atoms in total. The van der Waals surface area contributed by atoms with Crippen LogP contribution in [-0.4, -0.2) is 17.4 Å². The number of thiazole rings is 1. The molecule has 21 heavy (non-hydrogen) atoms. The molecule has 2 aromatic rings. The molecule has 1 aromatic carbocycles. The van der Waals surface area contributed by atoms with Crippen molar-refractivity contribution in [3.63, 3.8) is 0 Å². The van der Waals surface area contributed by atoms with Crippen LogP contribution in [0.4, 0.5) is 0 Å². The fourth-order valence-electron chi connectivity index (χ4n) is 1.98. The zero-order chi connectivity index (χ0) is 15.4. The molecule has 0 radical (unpaired) electrons. The summed E-state index contributed by atoms with van der Waals surface area (Å²) < 4.78 is 0. The highest BCUT2D eigenvalue weighted by Gasteiger charge is 2.15. The Hall–Kier alpha value is -1.68. The van der Waals surface area contributed by atoms with Crippen LogP contribution in [0.15, 0.2) is 24.3 Å². The van der Waals surface area contributed by atoms with Gasteiger partial charge in [-0.3, -0.25) is 4.79 Å². The maximum Gasteiger partial charge on any atom is 0.263 e. The van der Waals surface area contributed by atoms with Gasteiger partial charge in [-0.2, -0.15) is 0 Å². The fraction of sp³-hybridized carbons (Fsp3) is 0.412. The van der Waals surface area contributed by atoms with Gasteiger partial charge in [-0.05, 0) is 26.2 Å². The van der Waals surface area contributed by atoms with Crippen molar-refractivity contribution in [3.8, 4) is 10.6 Å². The summed E-state index contributed by atoms with van der Waals surface area (Å²) in [7, 11) is 0. The molecule has 0 atom stereocenters. The maximum absolute atomic E-state index is 12.2. The Balaban J connectivity index is 2.11. The van der Waals surface area contributed by atoms with Crippen LogP contribution in [0.2, 0.25) is 0 Å². The van der Waals surface area contributed by atoms with Gasteiger partial charge < -0.3 is 5.32 Å². The highest BCUT2D eigenvalue weighted by molar-refractivity contribution is 7.17. The number of rotatable bonds is 5. The van der Waals surface area contributed by atoms with Gasteiger partial charge in [-0.15, -0.1) is 11.3 Å². The molecule has 1 amide bonds. The molecule has 0 saturated heterocycles. The normalized spacial score (nSPS) is 10.9. The Labute approximate surface area is 130 Å². The molecule has 0 spiro atoms. The van der Waals surface area contributed by atoms with E-state index < -0.39 is 0 Å². The van der Waals surface area contributed by atoms with E-state index in [1.165, 1.54) is 16.9 Å². The first-order chi connectivity index (χ1) is 9.97. The van der Waals surface area contributed by atoms with Crippen LogP contribution in [0, 0.1) is 19.8 Å². The van der Waals surface area contributed by atoms with Gasteiger partial charge in [0.05, 0.1) is 5.69 Å². The van der Waals surface area contributed by atoms with Crippen molar-refractivity contribution in [2.45, 2.75) is 34.1 Å². The Kier molecular flexibility index (Phi) is 5.12. The minimum absolute atomic E-state index is 0.0102. The summed E-state index contributed by atoms with van der Waals surface area (Å²) in [6.07, 6.45) is 0.994. The summed E-state index contributed by atoms with van der Waals surface area (Å²) in [5, 5.41) is 3.88. The molecule has 4 heteroatoms. The average Bonchev–Trinajstić information content (AvgIpc) is 2.81.